The molecule has 0 heterocycles. The van der Waals surface area contributed by atoms with Gasteiger partial charge in [0.05, 0.1) is 18.9 Å². The Hall–Kier alpha value is -4.20. The minimum Gasteiger partial charge on any atom is -0.508 e. The first-order valence-electron chi connectivity index (χ1n) is 9.52. The fourth-order valence-corrected chi connectivity index (χ4v) is 2.61. The second kappa shape index (κ2) is 12.6. The predicted octanol–water partition coefficient (Wildman–Crippen LogP) is -3.22. The van der Waals surface area contributed by atoms with Crippen LogP contribution in [0.1, 0.15) is 18.4 Å². The molecule has 33 heavy (non-hydrogen) atoms. The molecule has 3 unspecified atom stereocenters. The molecule has 3 atom stereocenters. The number of phenols is 1. The van der Waals surface area contributed by atoms with Crippen LogP contribution in [0, 0.1) is 0 Å². The maximum Gasteiger partial charge on any atom is 0.322 e. The largest absolute Gasteiger partial charge is 0.508 e. The molecule has 10 N–H and O–H groups in total. The second-order valence-corrected chi connectivity index (χ2v) is 6.98. The highest BCUT2D eigenvalue weighted by Gasteiger charge is 2.30. The van der Waals surface area contributed by atoms with Crippen LogP contribution in [0.15, 0.2) is 24.3 Å². The van der Waals surface area contributed by atoms with Gasteiger partial charge < -0.3 is 42.7 Å². The Morgan fingerprint density at radius 2 is 1.39 bits per heavy atom. The quantitative estimate of drug-likeness (QED) is 0.144. The molecule has 0 saturated heterocycles. The molecule has 14 nitrogen and oxygen atoms in total. The number of nitrogens with two attached hydrogens (primary N) is 2. The minimum absolute atomic E-state index is 0.0448. The molecule has 0 bridgehead atoms. The topological polar surface area (TPSA) is 251 Å². The molecule has 0 aromatic heterocycles. The van der Waals surface area contributed by atoms with Gasteiger partial charge in [-0.15, -0.1) is 0 Å². The maximum absolute atomic E-state index is 12.7. The minimum atomic E-state index is -1.58. The van der Waals surface area contributed by atoms with Gasteiger partial charge in [-0.05, 0) is 17.7 Å². The molecule has 1 aromatic carbocycles. The van der Waals surface area contributed by atoms with E-state index in [1.54, 1.807) is 0 Å². The molecule has 1 rings (SSSR count). The van der Waals surface area contributed by atoms with Gasteiger partial charge in [0, 0.05) is 6.42 Å². The lowest BCUT2D eigenvalue weighted by Crippen LogP contribution is -2.57. The summed E-state index contributed by atoms with van der Waals surface area (Å²) in [6.07, 6.45) is -1.55. The van der Waals surface area contributed by atoms with Gasteiger partial charge in [0.1, 0.15) is 24.4 Å². The van der Waals surface area contributed by atoms with Crippen molar-refractivity contribution in [2.24, 2.45) is 11.5 Å². The molecule has 180 valence electrons. The summed E-state index contributed by atoms with van der Waals surface area (Å²) in [4.78, 5) is 70.1. The van der Waals surface area contributed by atoms with E-state index in [-0.39, 0.29) is 12.2 Å². The average Bonchev–Trinajstić information content (AvgIpc) is 2.71. The highest BCUT2D eigenvalue weighted by molar-refractivity contribution is 5.96. The smallest absolute Gasteiger partial charge is 0.322 e. The Balaban J connectivity index is 3.03. The maximum atomic E-state index is 12.7. The number of carboxylic acids is 2. The van der Waals surface area contributed by atoms with E-state index in [2.05, 4.69) is 16.0 Å². The summed E-state index contributed by atoms with van der Waals surface area (Å²) in [7, 11) is 0. The number of primary amides is 1. The second-order valence-electron chi connectivity index (χ2n) is 6.98. The Kier molecular flexibility index (Phi) is 10.3. The number of nitrogens with one attached hydrogen (secondary N) is 3. The molecule has 0 spiro atoms. The number of hydrogen-bond donors (Lipinski definition) is 8. The highest BCUT2D eigenvalue weighted by Crippen LogP contribution is 2.12. The third kappa shape index (κ3) is 10.1. The lowest BCUT2D eigenvalue weighted by Gasteiger charge is -2.23. The first-order valence-corrected chi connectivity index (χ1v) is 9.52. The molecule has 0 saturated carbocycles. The van der Waals surface area contributed by atoms with E-state index in [4.69, 9.17) is 21.7 Å². The SMILES string of the molecule is NC(=O)CC(NC(=O)C(N)CC(=O)O)C(=O)NC(Cc1ccc(O)cc1)C(=O)NCC(=O)O. The normalized spacial score (nSPS) is 13.1. The van der Waals surface area contributed by atoms with Crippen molar-refractivity contribution in [1.29, 1.82) is 0 Å². The number of hydrogen-bond acceptors (Lipinski definition) is 8. The molecule has 4 amide bonds. The van der Waals surface area contributed by atoms with E-state index in [0.717, 1.165) is 0 Å². The Labute approximate surface area is 187 Å². The molecule has 0 aliphatic heterocycles. The van der Waals surface area contributed by atoms with Crippen molar-refractivity contribution in [3.05, 3.63) is 29.8 Å². The van der Waals surface area contributed by atoms with E-state index in [1.807, 2.05) is 0 Å². The van der Waals surface area contributed by atoms with Crippen LogP contribution in [0.5, 0.6) is 5.75 Å². The standard InChI is InChI=1S/C19H25N5O9/c20-11(6-15(27)28)17(31)23-13(7-14(21)26)19(33)24-12(18(32)22-8-16(29)30)5-9-1-3-10(25)4-2-9/h1-4,11-13,25H,5-8,20H2,(H2,21,26)(H,22,32)(H,23,31)(H,24,33)(H,27,28)(H,29,30). The highest BCUT2D eigenvalue weighted by atomic mass is 16.4. The molecule has 1 aromatic rings. The number of benzene rings is 1. The van der Waals surface area contributed by atoms with Crippen LogP contribution < -0.4 is 27.4 Å². The third-order valence-corrected chi connectivity index (χ3v) is 4.19. The van der Waals surface area contributed by atoms with Crippen molar-refractivity contribution in [3.8, 4) is 5.75 Å². The van der Waals surface area contributed by atoms with Gasteiger partial charge in [0.2, 0.25) is 23.6 Å². The molecule has 0 fully saturated rings. The number of carbonyl (C=O) groups excluding carboxylic acids is 4. The van der Waals surface area contributed by atoms with Crippen molar-refractivity contribution in [1.82, 2.24) is 16.0 Å². The predicted molar refractivity (Wildman–Crippen MR) is 110 cm³/mol. The Morgan fingerprint density at radius 1 is 0.818 bits per heavy atom. The zero-order valence-electron chi connectivity index (χ0n) is 17.3. The van der Waals surface area contributed by atoms with Crippen molar-refractivity contribution in [2.45, 2.75) is 37.4 Å². The van der Waals surface area contributed by atoms with Gasteiger partial charge >= 0.3 is 11.9 Å². The van der Waals surface area contributed by atoms with Crippen LogP contribution in [0.25, 0.3) is 0 Å². The van der Waals surface area contributed by atoms with Gasteiger partial charge in [-0.25, -0.2) is 0 Å². The summed E-state index contributed by atoms with van der Waals surface area (Å²) >= 11 is 0. The molecule has 0 radical (unpaired) electrons. The van der Waals surface area contributed by atoms with Crippen LogP contribution in [0.2, 0.25) is 0 Å². The number of rotatable bonds is 13. The zero-order valence-corrected chi connectivity index (χ0v) is 17.3. The lowest BCUT2D eigenvalue weighted by molar-refractivity contribution is -0.140. The van der Waals surface area contributed by atoms with Gasteiger partial charge in [0.25, 0.3) is 0 Å². The third-order valence-electron chi connectivity index (χ3n) is 4.19. The molecular formula is C19H25N5O9. The lowest BCUT2D eigenvalue weighted by atomic mass is 10.0. The van der Waals surface area contributed by atoms with Crippen LogP contribution >= 0.6 is 0 Å². The van der Waals surface area contributed by atoms with E-state index < -0.39 is 73.1 Å². The van der Waals surface area contributed by atoms with Gasteiger partial charge in [-0.2, -0.15) is 0 Å². The van der Waals surface area contributed by atoms with Gasteiger partial charge in [-0.1, -0.05) is 12.1 Å². The number of aromatic hydroxyl groups is 1. The fraction of sp³-hybridized carbons (Fsp3) is 0.368. The molecular weight excluding hydrogens is 442 g/mol. The number of phenolic OH excluding ortho intramolecular Hbond substituents is 1. The van der Waals surface area contributed by atoms with Gasteiger partial charge in [-0.3, -0.25) is 28.8 Å². The summed E-state index contributed by atoms with van der Waals surface area (Å²) in [6.45, 7) is -0.730. The van der Waals surface area contributed by atoms with E-state index in [0.29, 0.717) is 5.56 Å². The molecule has 14 heteroatoms. The first kappa shape index (κ1) is 26.8. The van der Waals surface area contributed by atoms with Gasteiger partial charge in [0.15, 0.2) is 0 Å². The van der Waals surface area contributed by atoms with E-state index in [9.17, 15) is 33.9 Å². The van der Waals surface area contributed by atoms with Crippen molar-refractivity contribution >= 4 is 35.6 Å². The average molecular weight is 467 g/mol. The molecule has 0 aliphatic rings. The van der Waals surface area contributed by atoms with E-state index in [1.165, 1.54) is 24.3 Å². The summed E-state index contributed by atoms with van der Waals surface area (Å²) in [6, 6.07) is 1.18. The van der Waals surface area contributed by atoms with Crippen molar-refractivity contribution < 1.29 is 44.1 Å². The number of carboxylic acid groups (broad SMARTS) is 2. The molecule has 0 aliphatic carbocycles. The summed E-state index contributed by atoms with van der Waals surface area (Å²) < 4.78 is 0. The van der Waals surface area contributed by atoms with Crippen molar-refractivity contribution in [3.63, 3.8) is 0 Å². The van der Waals surface area contributed by atoms with E-state index >= 15 is 0 Å². The Bertz CT molecular complexity index is 903. The van der Waals surface area contributed by atoms with Crippen molar-refractivity contribution in [2.75, 3.05) is 6.54 Å². The summed E-state index contributed by atoms with van der Waals surface area (Å²) in [5, 5.41) is 33.4. The first-order chi connectivity index (χ1) is 15.4. The fourth-order valence-electron chi connectivity index (χ4n) is 2.61. The van der Waals surface area contributed by atoms with Crippen LogP contribution in [0.3, 0.4) is 0 Å². The number of carbonyl (C=O) groups is 6. The monoisotopic (exact) mass is 467 g/mol. The zero-order chi connectivity index (χ0) is 25.1. The number of aliphatic carboxylic acids is 2. The summed E-state index contributed by atoms with van der Waals surface area (Å²) in [5.41, 5.74) is 11.0. The number of amides is 4. The summed E-state index contributed by atoms with van der Waals surface area (Å²) in [5.74, 6) is -6.64. The van der Waals surface area contributed by atoms with Crippen LogP contribution in [-0.4, -0.2) is 75.6 Å². The van der Waals surface area contributed by atoms with Crippen LogP contribution in [0.4, 0.5) is 0 Å². The Morgan fingerprint density at radius 3 is 1.91 bits per heavy atom. The van der Waals surface area contributed by atoms with Crippen LogP contribution in [-0.2, 0) is 35.2 Å².